The minimum atomic E-state index is -0.0885. The van der Waals surface area contributed by atoms with Gasteiger partial charge in [0.25, 0.3) is 0 Å². The number of aryl methyl sites for hydroxylation is 1. The van der Waals surface area contributed by atoms with Crippen LogP contribution in [0.1, 0.15) is 53.8 Å². The lowest BCUT2D eigenvalue weighted by molar-refractivity contribution is -0.141. The van der Waals surface area contributed by atoms with E-state index in [0.29, 0.717) is 19.5 Å². The largest absolute Gasteiger partial charge is 0.330 e. The molecule has 3 rings (SSSR count). The zero-order valence-electron chi connectivity index (χ0n) is 17.4. The average Bonchev–Trinajstić information content (AvgIpc) is 3.20. The van der Waals surface area contributed by atoms with Crippen molar-refractivity contribution in [1.82, 2.24) is 9.80 Å². The van der Waals surface area contributed by atoms with Gasteiger partial charge in [-0.15, -0.1) is 17.9 Å². The number of benzene rings is 1. The van der Waals surface area contributed by atoms with Gasteiger partial charge in [0, 0.05) is 24.4 Å². The van der Waals surface area contributed by atoms with Gasteiger partial charge in [-0.1, -0.05) is 49.2 Å². The molecule has 2 aromatic rings. The number of rotatable bonds is 8. The summed E-state index contributed by atoms with van der Waals surface area (Å²) >= 11 is 1.76. The molecule has 0 spiro atoms. The minimum Gasteiger partial charge on any atom is -0.330 e. The van der Waals surface area contributed by atoms with E-state index in [4.69, 9.17) is 0 Å². The Balaban J connectivity index is 1.84. The minimum absolute atomic E-state index is 0.000812. The molecular formula is C24H30N2O2S. The summed E-state index contributed by atoms with van der Waals surface area (Å²) in [5.74, 6) is 0.0272. The third-order valence-corrected chi connectivity index (χ3v) is 6.45. The zero-order valence-corrected chi connectivity index (χ0v) is 18.2. The second kappa shape index (κ2) is 9.88. The standard InChI is InChI=1S/C24H30N2O2S/c1-4-6-7-22(27)25(14-5-2)17-23(28)26-15-12-21-20(13-16-29-21)24(26)19-10-8-18(3)9-11-19/h5,8-11,13,16,24H,2,4,6-7,12,14-15,17H2,1,3H3. The van der Waals surface area contributed by atoms with Crippen LogP contribution >= 0.6 is 11.3 Å². The van der Waals surface area contributed by atoms with Crippen molar-refractivity contribution in [2.75, 3.05) is 19.6 Å². The number of carbonyl (C=O) groups excluding carboxylic acids is 2. The van der Waals surface area contributed by atoms with Crippen molar-refractivity contribution in [3.05, 3.63) is 69.9 Å². The van der Waals surface area contributed by atoms with E-state index >= 15 is 0 Å². The summed E-state index contributed by atoms with van der Waals surface area (Å²) in [6.07, 6.45) is 4.85. The molecule has 29 heavy (non-hydrogen) atoms. The monoisotopic (exact) mass is 410 g/mol. The number of nitrogens with zero attached hydrogens (tertiary/aromatic N) is 2. The van der Waals surface area contributed by atoms with Gasteiger partial charge >= 0.3 is 0 Å². The molecule has 2 heterocycles. The van der Waals surface area contributed by atoms with Crippen molar-refractivity contribution in [3.63, 3.8) is 0 Å². The maximum absolute atomic E-state index is 13.3. The normalized spacial score (nSPS) is 15.7. The maximum atomic E-state index is 13.3. The number of amides is 2. The fourth-order valence-electron chi connectivity index (χ4n) is 3.84. The molecule has 2 amide bonds. The van der Waals surface area contributed by atoms with E-state index < -0.39 is 0 Å². The molecule has 0 saturated heterocycles. The van der Waals surface area contributed by atoms with Gasteiger partial charge in [0.2, 0.25) is 11.8 Å². The molecule has 0 fully saturated rings. The first-order valence-electron chi connectivity index (χ1n) is 10.4. The Labute approximate surface area is 177 Å². The van der Waals surface area contributed by atoms with Gasteiger partial charge in [0.15, 0.2) is 0 Å². The van der Waals surface area contributed by atoms with Crippen molar-refractivity contribution < 1.29 is 9.59 Å². The van der Waals surface area contributed by atoms with E-state index in [1.165, 1.54) is 16.0 Å². The average molecular weight is 411 g/mol. The van der Waals surface area contributed by atoms with E-state index in [-0.39, 0.29) is 24.4 Å². The molecule has 1 unspecified atom stereocenters. The summed E-state index contributed by atoms with van der Waals surface area (Å²) in [6.45, 7) is 9.08. The van der Waals surface area contributed by atoms with Gasteiger partial charge in [0.05, 0.1) is 6.04 Å². The molecule has 0 saturated carbocycles. The van der Waals surface area contributed by atoms with Crippen LogP contribution in [0.3, 0.4) is 0 Å². The molecule has 1 aliphatic heterocycles. The predicted molar refractivity (Wildman–Crippen MR) is 119 cm³/mol. The van der Waals surface area contributed by atoms with Crippen molar-refractivity contribution in [2.24, 2.45) is 0 Å². The van der Waals surface area contributed by atoms with Crippen molar-refractivity contribution in [3.8, 4) is 0 Å². The van der Waals surface area contributed by atoms with Gasteiger partial charge in [-0.3, -0.25) is 9.59 Å². The molecule has 1 aromatic heterocycles. The van der Waals surface area contributed by atoms with Crippen molar-refractivity contribution in [1.29, 1.82) is 0 Å². The lowest BCUT2D eigenvalue weighted by Gasteiger charge is -2.37. The Bertz CT molecular complexity index is 856. The molecule has 0 bridgehead atoms. The van der Waals surface area contributed by atoms with Crippen LogP contribution < -0.4 is 0 Å². The lowest BCUT2D eigenvalue weighted by Crippen LogP contribution is -2.46. The molecule has 0 aliphatic carbocycles. The summed E-state index contributed by atoms with van der Waals surface area (Å²) in [5.41, 5.74) is 3.54. The number of unbranched alkanes of at least 4 members (excludes halogenated alkanes) is 1. The number of fused-ring (bicyclic) bond motifs is 1. The number of thiophene rings is 1. The molecule has 4 nitrogen and oxygen atoms in total. The second-order valence-corrected chi connectivity index (χ2v) is 8.62. The molecule has 0 radical (unpaired) electrons. The Hall–Kier alpha value is -2.40. The molecule has 1 aromatic carbocycles. The zero-order chi connectivity index (χ0) is 20.8. The van der Waals surface area contributed by atoms with E-state index in [9.17, 15) is 9.59 Å². The summed E-state index contributed by atoms with van der Waals surface area (Å²) in [4.78, 5) is 30.8. The van der Waals surface area contributed by atoms with Gasteiger partial charge in [-0.25, -0.2) is 0 Å². The van der Waals surface area contributed by atoms with Crippen LogP contribution in [0.25, 0.3) is 0 Å². The Morgan fingerprint density at radius 1 is 1.28 bits per heavy atom. The Morgan fingerprint density at radius 2 is 2.03 bits per heavy atom. The highest BCUT2D eigenvalue weighted by atomic mass is 32.1. The Morgan fingerprint density at radius 3 is 2.72 bits per heavy atom. The number of hydrogen-bond donors (Lipinski definition) is 0. The van der Waals surface area contributed by atoms with Gasteiger partial charge < -0.3 is 9.80 Å². The smallest absolute Gasteiger partial charge is 0.243 e. The van der Waals surface area contributed by atoms with E-state index in [1.807, 2.05) is 4.90 Å². The topological polar surface area (TPSA) is 40.6 Å². The summed E-state index contributed by atoms with van der Waals surface area (Å²) < 4.78 is 0. The molecule has 1 aliphatic rings. The van der Waals surface area contributed by atoms with E-state index in [1.54, 1.807) is 22.3 Å². The van der Waals surface area contributed by atoms with Crippen LogP contribution in [0.2, 0.25) is 0 Å². The predicted octanol–water partition coefficient (Wildman–Crippen LogP) is 4.74. The quantitative estimate of drug-likeness (QED) is 0.590. The van der Waals surface area contributed by atoms with Gasteiger partial charge in [-0.05, 0) is 42.3 Å². The highest BCUT2D eigenvalue weighted by molar-refractivity contribution is 7.10. The van der Waals surface area contributed by atoms with Crippen LogP contribution in [0.4, 0.5) is 0 Å². The fourth-order valence-corrected chi connectivity index (χ4v) is 4.75. The molecule has 5 heteroatoms. The van der Waals surface area contributed by atoms with E-state index in [2.05, 4.69) is 56.1 Å². The third-order valence-electron chi connectivity index (χ3n) is 5.45. The first-order chi connectivity index (χ1) is 14.0. The van der Waals surface area contributed by atoms with Gasteiger partial charge in [0.1, 0.15) is 6.54 Å². The highest BCUT2D eigenvalue weighted by Gasteiger charge is 2.33. The summed E-state index contributed by atoms with van der Waals surface area (Å²) in [7, 11) is 0. The van der Waals surface area contributed by atoms with Gasteiger partial charge in [-0.2, -0.15) is 0 Å². The van der Waals surface area contributed by atoms with E-state index in [0.717, 1.165) is 24.8 Å². The maximum Gasteiger partial charge on any atom is 0.243 e. The van der Waals surface area contributed by atoms with Crippen molar-refractivity contribution in [2.45, 2.75) is 45.6 Å². The highest BCUT2D eigenvalue weighted by Crippen LogP contribution is 2.37. The second-order valence-electron chi connectivity index (χ2n) is 7.62. The van der Waals surface area contributed by atoms with Crippen LogP contribution in [0.15, 0.2) is 48.4 Å². The third kappa shape index (κ3) is 4.96. The Kier molecular flexibility index (Phi) is 7.26. The van der Waals surface area contributed by atoms with Crippen LogP contribution in [0.5, 0.6) is 0 Å². The van der Waals surface area contributed by atoms with Crippen LogP contribution in [-0.2, 0) is 16.0 Å². The lowest BCUT2D eigenvalue weighted by atomic mass is 9.92. The first-order valence-corrected chi connectivity index (χ1v) is 11.2. The van der Waals surface area contributed by atoms with Crippen LogP contribution in [-0.4, -0.2) is 41.2 Å². The molecule has 0 N–H and O–H groups in total. The number of carbonyl (C=O) groups is 2. The molecule has 154 valence electrons. The fraction of sp³-hybridized carbons (Fsp3) is 0.417. The molecule has 1 atom stereocenters. The van der Waals surface area contributed by atoms with Crippen molar-refractivity contribution >= 4 is 23.2 Å². The van der Waals surface area contributed by atoms with Crippen LogP contribution in [0, 0.1) is 6.92 Å². The SMILES string of the molecule is C=CCN(CC(=O)N1CCc2sccc2C1c1ccc(C)cc1)C(=O)CCCC. The first kappa shape index (κ1) is 21.3. The summed E-state index contributed by atoms with van der Waals surface area (Å²) in [5, 5.41) is 2.11. The molecular weight excluding hydrogens is 380 g/mol. The summed E-state index contributed by atoms with van der Waals surface area (Å²) in [6, 6.07) is 10.5. The number of hydrogen-bond acceptors (Lipinski definition) is 3.